The van der Waals surface area contributed by atoms with E-state index in [-0.39, 0.29) is 10.8 Å². The number of sulfonamides is 1. The summed E-state index contributed by atoms with van der Waals surface area (Å²) < 4.78 is 28.4. The summed E-state index contributed by atoms with van der Waals surface area (Å²) in [5, 5.41) is 0.691. The van der Waals surface area contributed by atoms with Crippen LogP contribution in [0.2, 0.25) is 5.02 Å². The molecule has 3 heterocycles. The fourth-order valence-electron chi connectivity index (χ4n) is 4.74. The highest BCUT2D eigenvalue weighted by Crippen LogP contribution is 2.29. The lowest BCUT2D eigenvalue weighted by molar-refractivity contribution is 0.0740. The SMILES string of the molecule is Cc1[nH]c(C(=O)N2CCN(c3cccc(Cl)c3)CC2)c(C)c1S(=O)(=O)N1CCCCCC1. The summed E-state index contributed by atoms with van der Waals surface area (Å²) in [6, 6.07) is 7.71. The number of nitrogens with one attached hydrogen (secondary N) is 1. The molecule has 1 N–H and O–H groups in total. The van der Waals surface area contributed by atoms with Gasteiger partial charge in [-0.05, 0) is 50.5 Å². The zero-order chi connectivity index (χ0) is 22.9. The number of nitrogens with zero attached hydrogens (tertiary/aromatic N) is 3. The van der Waals surface area contributed by atoms with E-state index in [4.69, 9.17) is 11.6 Å². The van der Waals surface area contributed by atoms with Crippen molar-refractivity contribution in [2.75, 3.05) is 44.2 Å². The molecular weight excluding hydrogens is 448 g/mol. The fraction of sp³-hybridized carbons (Fsp3) is 0.522. The second-order valence-electron chi connectivity index (χ2n) is 8.66. The smallest absolute Gasteiger partial charge is 0.270 e. The number of aryl methyl sites for hydroxylation is 1. The highest BCUT2D eigenvalue weighted by atomic mass is 35.5. The van der Waals surface area contributed by atoms with Gasteiger partial charge in [0.15, 0.2) is 0 Å². The van der Waals surface area contributed by atoms with E-state index < -0.39 is 10.0 Å². The Morgan fingerprint density at radius 2 is 1.62 bits per heavy atom. The number of hydrogen-bond acceptors (Lipinski definition) is 4. The Labute approximate surface area is 195 Å². The summed E-state index contributed by atoms with van der Waals surface area (Å²) in [5.41, 5.74) is 2.48. The average molecular weight is 479 g/mol. The van der Waals surface area contributed by atoms with Gasteiger partial charge in [-0.25, -0.2) is 8.42 Å². The molecule has 9 heteroatoms. The summed E-state index contributed by atoms with van der Waals surface area (Å²) in [5.74, 6) is -0.145. The third-order valence-electron chi connectivity index (χ3n) is 6.49. The van der Waals surface area contributed by atoms with Crippen molar-refractivity contribution in [3.8, 4) is 0 Å². The van der Waals surface area contributed by atoms with Gasteiger partial charge in [0.1, 0.15) is 10.6 Å². The molecule has 0 unspecified atom stereocenters. The minimum absolute atomic E-state index is 0.145. The third-order valence-corrected chi connectivity index (χ3v) is 8.89. The lowest BCUT2D eigenvalue weighted by Gasteiger charge is -2.36. The number of anilines is 1. The number of amides is 1. The van der Waals surface area contributed by atoms with E-state index in [2.05, 4.69) is 9.88 Å². The van der Waals surface area contributed by atoms with Crippen LogP contribution in [0.5, 0.6) is 0 Å². The van der Waals surface area contributed by atoms with Crippen molar-refractivity contribution in [1.82, 2.24) is 14.2 Å². The van der Waals surface area contributed by atoms with Crippen molar-refractivity contribution >= 4 is 33.2 Å². The number of halogens is 1. The average Bonchev–Trinajstić information content (AvgIpc) is 2.95. The molecule has 174 valence electrons. The zero-order valence-electron chi connectivity index (χ0n) is 18.7. The highest BCUT2D eigenvalue weighted by Gasteiger charge is 2.33. The Kier molecular flexibility index (Phi) is 6.83. The molecule has 0 saturated carbocycles. The molecule has 0 atom stereocenters. The lowest BCUT2D eigenvalue weighted by atomic mass is 10.2. The first-order valence-electron chi connectivity index (χ1n) is 11.3. The predicted octanol–water partition coefficient (Wildman–Crippen LogP) is 3.81. The number of H-pyrrole nitrogens is 1. The van der Waals surface area contributed by atoms with Gasteiger partial charge >= 0.3 is 0 Å². The normalized spacial score (nSPS) is 18.6. The van der Waals surface area contributed by atoms with Crippen LogP contribution in [-0.2, 0) is 10.0 Å². The van der Waals surface area contributed by atoms with Crippen LogP contribution in [0.4, 0.5) is 5.69 Å². The van der Waals surface area contributed by atoms with E-state index in [1.807, 2.05) is 24.3 Å². The number of aromatic amines is 1. The number of carbonyl (C=O) groups is 1. The van der Waals surface area contributed by atoms with Crippen molar-refractivity contribution in [2.24, 2.45) is 0 Å². The monoisotopic (exact) mass is 478 g/mol. The Morgan fingerprint density at radius 3 is 2.25 bits per heavy atom. The van der Waals surface area contributed by atoms with Gasteiger partial charge < -0.3 is 14.8 Å². The highest BCUT2D eigenvalue weighted by molar-refractivity contribution is 7.89. The molecule has 2 fully saturated rings. The second kappa shape index (κ2) is 9.45. The largest absolute Gasteiger partial charge is 0.368 e. The number of piperazine rings is 1. The predicted molar refractivity (Wildman–Crippen MR) is 127 cm³/mol. The van der Waals surface area contributed by atoms with Crippen LogP contribution in [-0.4, -0.2) is 67.8 Å². The first-order chi connectivity index (χ1) is 15.3. The molecule has 1 aromatic heterocycles. The molecule has 2 aromatic rings. The molecule has 4 rings (SSSR count). The van der Waals surface area contributed by atoms with Crippen LogP contribution in [0.3, 0.4) is 0 Å². The number of hydrogen-bond donors (Lipinski definition) is 1. The van der Waals surface area contributed by atoms with Crippen LogP contribution >= 0.6 is 11.6 Å². The molecule has 0 aliphatic carbocycles. The summed E-state index contributed by atoms with van der Waals surface area (Å²) in [6.45, 7) is 7.10. The molecule has 0 spiro atoms. The number of benzene rings is 1. The minimum Gasteiger partial charge on any atom is -0.368 e. The maximum absolute atomic E-state index is 13.4. The van der Waals surface area contributed by atoms with Gasteiger partial charge in [-0.3, -0.25) is 4.79 Å². The second-order valence-corrected chi connectivity index (χ2v) is 11.0. The van der Waals surface area contributed by atoms with Crippen molar-refractivity contribution in [3.05, 3.63) is 46.2 Å². The summed E-state index contributed by atoms with van der Waals surface area (Å²) in [7, 11) is -3.63. The van der Waals surface area contributed by atoms with Crippen molar-refractivity contribution in [1.29, 1.82) is 0 Å². The Bertz CT molecular complexity index is 1080. The van der Waals surface area contributed by atoms with Gasteiger partial charge in [0.05, 0.1) is 0 Å². The molecule has 2 aliphatic rings. The summed E-state index contributed by atoms with van der Waals surface area (Å²) in [6.07, 6.45) is 3.87. The van der Waals surface area contributed by atoms with Crippen molar-refractivity contribution < 1.29 is 13.2 Å². The molecule has 2 saturated heterocycles. The minimum atomic E-state index is -3.63. The van der Waals surface area contributed by atoms with Crippen LogP contribution in [0, 0.1) is 13.8 Å². The van der Waals surface area contributed by atoms with E-state index in [9.17, 15) is 13.2 Å². The molecule has 0 bridgehead atoms. The number of rotatable bonds is 4. The molecule has 7 nitrogen and oxygen atoms in total. The first kappa shape index (κ1) is 23.1. The molecular formula is C23H31ClN4O3S. The van der Waals surface area contributed by atoms with E-state index in [1.165, 1.54) is 0 Å². The van der Waals surface area contributed by atoms with E-state index in [0.29, 0.717) is 61.2 Å². The maximum Gasteiger partial charge on any atom is 0.270 e. The molecule has 2 aliphatic heterocycles. The van der Waals surface area contributed by atoms with E-state index >= 15 is 0 Å². The van der Waals surface area contributed by atoms with Gasteiger partial charge in [0.2, 0.25) is 10.0 Å². The van der Waals surface area contributed by atoms with E-state index in [1.54, 1.807) is 23.1 Å². The van der Waals surface area contributed by atoms with Gasteiger partial charge in [-0.1, -0.05) is 30.5 Å². The van der Waals surface area contributed by atoms with Crippen LogP contribution in [0.15, 0.2) is 29.2 Å². The molecule has 1 amide bonds. The Hall–Kier alpha value is -2.03. The van der Waals surface area contributed by atoms with Crippen molar-refractivity contribution in [3.63, 3.8) is 0 Å². The van der Waals surface area contributed by atoms with Crippen LogP contribution < -0.4 is 4.90 Å². The van der Waals surface area contributed by atoms with Gasteiger partial charge in [-0.15, -0.1) is 0 Å². The van der Waals surface area contributed by atoms with E-state index in [0.717, 1.165) is 31.4 Å². The summed E-state index contributed by atoms with van der Waals surface area (Å²) >= 11 is 6.11. The first-order valence-corrected chi connectivity index (χ1v) is 13.1. The molecule has 1 aromatic carbocycles. The van der Waals surface area contributed by atoms with Gasteiger partial charge in [0, 0.05) is 55.7 Å². The maximum atomic E-state index is 13.4. The van der Waals surface area contributed by atoms with Crippen LogP contribution in [0.25, 0.3) is 0 Å². The number of carbonyl (C=O) groups excluding carboxylic acids is 1. The Balaban J connectivity index is 1.50. The molecule has 32 heavy (non-hydrogen) atoms. The van der Waals surface area contributed by atoms with Gasteiger partial charge in [-0.2, -0.15) is 4.31 Å². The zero-order valence-corrected chi connectivity index (χ0v) is 20.3. The Morgan fingerprint density at radius 1 is 0.969 bits per heavy atom. The quantitative estimate of drug-likeness (QED) is 0.724. The topological polar surface area (TPSA) is 76.7 Å². The number of aromatic nitrogens is 1. The van der Waals surface area contributed by atoms with Crippen LogP contribution in [0.1, 0.15) is 47.4 Å². The third kappa shape index (κ3) is 4.54. The van der Waals surface area contributed by atoms with Gasteiger partial charge in [0.25, 0.3) is 5.91 Å². The molecule has 0 radical (unpaired) electrons. The van der Waals surface area contributed by atoms with Crippen molar-refractivity contribution in [2.45, 2.75) is 44.4 Å². The standard InChI is InChI=1S/C23H31ClN4O3S/c1-17-21(25-18(2)22(17)32(30,31)28-10-5-3-4-6-11-28)23(29)27-14-12-26(13-15-27)20-9-7-8-19(24)16-20/h7-9,16,25H,3-6,10-15H2,1-2H3. The summed E-state index contributed by atoms with van der Waals surface area (Å²) in [4.78, 5) is 20.6. The fourth-order valence-corrected chi connectivity index (χ4v) is 6.85. The lowest BCUT2D eigenvalue weighted by Crippen LogP contribution is -2.49.